The number of carbonyl (C=O) groups is 3. The Hall–Kier alpha value is -4.78. The molecule has 0 bridgehead atoms. The Bertz CT molecular complexity index is 1470. The van der Waals surface area contributed by atoms with Crippen LogP contribution in [0.25, 0.3) is 0 Å². The fourth-order valence-corrected chi connectivity index (χ4v) is 4.44. The molecule has 2 heterocycles. The minimum absolute atomic E-state index is 0.0292. The number of nitrogens with two attached hydrogens (primary N) is 2. The average Bonchev–Trinajstić information content (AvgIpc) is 3.48. The molecule has 1 unspecified atom stereocenters. The second-order valence-electron chi connectivity index (χ2n) is 8.16. The largest absolute Gasteiger partial charge is 0.484 e. The second-order valence-corrected chi connectivity index (χ2v) is 9.14. The molecule has 2 aromatic carbocycles. The van der Waals surface area contributed by atoms with Crippen molar-refractivity contribution in [2.24, 2.45) is 5.73 Å². The van der Waals surface area contributed by atoms with Crippen LogP contribution in [0.15, 0.2) is 59.1 Å². The van der Waals surface area contributed by atoms with Crippen LogP contribution in [0.5, 0.6) is 5.75 Å². The van der Waals surface area contributed by atoms with Crippen LogP contribution in [0.1, 0.15) is 27.9 Å². The number of amides is 2. The maximum Gasteiger partial charge on any atom is 0.264 e. The Morgan fingerprint density at radius 3 is 2.45 bits per heavy atom. The summed E-state index contributed by atoms with van der Waals surface area (Å²) in [6.45, 7) is 3.01. The molecule has 4 aromatic rings. The van der Waals surface area contributed by atoms with E-state index in [1.807, 2.05) is 0 Å². The molecule has 0 saturated carbocycles. The van der Waals surface area contributed by atoms with E-state index < -0.39 is 29.5 Å². The number of ether oxygens (including phenoxy) is 1. The lowest BCUT2D eigenvalue weighted by molar-refractivity contribution is -0.119. The number of anilines is 4. The lowest BCUT2D eigenvalue weighted by Gasteiger charge is -2.26. The molecule has 0 aliphatic rings. The van der Waals surface area contributed by atoms with Gasteiger partial charge in [-0.15, -0.1) is 0 Å². The Kier molecular flexibility index (Phi) is 7.67. The number of nitrogens with one attached hydrogen (secondary N) is 1. The third kappa shape index (κ3) is 5.95. The highest BCUT2D eigenvalue weighted by atomic mass is 32.1. The lowest BCUT2D eigenvalue weighted by atomic mass is 10.1. The Morgan fingerprint density at radius 1 is 1.16 bits per heavy atom. The maximum atomic E-state index is 13.5. The van der Waals surface area contributed by atoms with E-state index in [0.717, 1.165) is 11.3 Å². The summed E-state index contributed by atoms with van der Waals surface area (Å²) in [7, 11) is 0. The summed E-state index contributed by atoms with van der Waals surface area (Å²) in [5, 5.41) is 6.44. The fourth-order valence-electron chi connectivity index (χ4n) is 3.39. The highest BCUT2D eigenvalue weighted by Gasteiger charge is 2.27. The number of hydrogen-bond acceptors (Lipinski definition) is 10. The van der Waals surface area contributed by atoms with Gasteiger partial charge in [-0.25, -0.2) is 9.37 Å². The smallest absolute Gasteiger partial charge is 0.264 e. The normalized spacial score (nSPS) is 11.6. The van der Waals surface area contributed by atoms with E-state index in [4.69, 9.17) is 20.7 Å². The van der Waals surface area contributed by atoms with Crippen molar-refractivity contribution in [1.82, 2.24) is 10.1 Å². The van der Waals surface area contributed by atoms with Gasteiger partial charge in [0.2, 0.25) is 17.6 Å². The molecule has 0 spiro atoms. The Balaban J connectivity index is 1.48. The van der Waals surface area contributed by atoms with Crippen LogP contribution < -0.4 is 26.4 Å². The SMILES string of the molecule is Cc1cc(NC(=O)COc2ccc(C(=O)c3sc(N(c4ccc(F)cc4)C(C)C(N)=O)nc3N)cc2)on1. The van der Waals surface area contributed by atoms with Crippen LogP contribution in [0, 0.1) is 12.7 Å². The van der Waals surface area contributed by atoms with Gasteiger partial charge in [0.1, 0.15) is 28.3 Å². The number of nitrogen functional groups attached to an aromatic ring is 1. The molecule has 196 valence electrons. The number of thiazole rings is 1. The quantitative estimate of drug-likeness (QED) is 0.256. The molecule has 0 fully saturated rings. The molecule has 11 nitrogen and oxygen atoms in total. The molecule has 2 aromatic heterocycles. The van der Waals surface area contributed by atoms with Gasteiger partial charge in [-0.2, -0.15) is 0 Å². The lowest BCUT2D eigenvalue weighted by Crippen LogP contribution is -2.39. The van der Waals surface area contributed by atoms with Crippen LogP contribution in [0.3, 0.4) is 0 Å². The molecule has 38 heavy (non-hydrogen) atoms. The number of benzene rings is 2. The van der Waals surface area contributed by atoms with E-state index in [1.54, 1.807) is 19.9 Å². The van der Waals surface area contributed by atoms with Crippen molar-refractivity contribution < 1.29 is 28.0 Å². The summed E-state index contributed by atoms with van der Waals surface area (Å²) < 4.78 is 23.8. The first-order valence-corrected chi connectivity index (χ1v) is 12.0. The average molecular weight is 539 g/mol. The van der Waals surface area contributed by atoms with Crippen LogP contribution in [0.2, 0.25) is 0 Å². The van der Waals surface area contributed by atoms with Crippen molar-refractivity contribution in [3.63, 3.8) is 0 Å². The van der Waals surface area contributed by atoms with Crippen molar-refractivity contribution in [2.75, 3.05) is 22.6 Å². The van der Waals surface area contributed by atoms with Crippen molar-refractivity contribution in [1.29, 1.82) is 0 Å². The van der Waals surface area contributed by atoms with Crippen molar-refractivity contribution in [3.05, 3.63) is 76.5 Å². The third-order valence-corrected chi connectivity index (χ3v) is 6.40. The summed E-state index contributed by atoms with van der Waals surface area (Å²) in [5.74, 6) is -1.39. The van der Waals surface area contributed by atoms with E-state index >= 15 is 0 Å². The van der Waals surface area contributed by atoms with Gasteiger partial charge < -0.3 is 25.6 Å². The Morgan fingerprint density at radius 2 is 1.84 bits per heavy atom. The van der Waals surface area contributed by atoms with Gasteiger partial charge in [0.05, 0.1) is 5.69 Å². The summed E-state index contributed by atoms with van der Waals surface area (Å²) in [5.41, 5.74) is 13.0. The summed E-state index contributed by atoms with van der Waals surface area (Å²) in [6, 6.07) is 12.3. The molecule has 0 aliphatic heterocycles. The zero-order valence-corrected chi connectivity index (χ0v) is 21.1. The molecular weight excluding hydrogens is 515 g/mol. The number of aryl methyl sites for hydroxylation is 1. The number of carbonyl (C=O) groups excluding carboxylic acids is 3. The first-order chi connectivity index (χ1) is 18.1. The predicted octanol–water partition coefficient (Wildman–Crippen LogP) is 3.42. The van der Waals surface area contributed by atoms with E-state index in [2.05, 4.69) is 15.5 Å². The Labute approximate surface area is 220 Å². The monoisotopic (exact) mass is 538 g/mol. The summed E-state index contributed by atoms with van der Waals surface area (Å²) >= 11 is 0.977. The van der Waals surface area contributed by atoms with Gasteiger partial charge in [0, 0.05) is 17.3 Å². The van der Waals surface area contributed by atoms with E-state index in [0.29, 0.717) is 22.7 Å². The molecule has 4 rings (SSSR count). The van der Waals surface area contributed by atoms with Gasteiger partial charge in [-0.1, -0.05) is 16.5 Å². The predicted molar refractivity (Wildman–Crippen MR) is 139 cm³/mol. The number of rotatable bonds is 10. The first-order valence-electron chi connectivity index (χ1n) is 11.2. The second kappa shape index (κ2) is 11.1. The highest BCUT2D eigenvalue weighted by molar-refractivity contribution is 7.18. The van der Waals surface area contributed by atoms with Crippen LogP contribution >= 0.6 is 11.3 Å². The number of hydrogen-bond donors (Lipinski definition) is 3. The molecule has 2 amide bonds. The molecule has 0 aliphatic carbocycles. The topological polar surface area (TPSA) is 167 Å². The van der Waals surface area contributed by atoms with Gasteiger partial charge in [0.25, 0.3) is 5.91 Å². The third-order valence-electron chi connectivity index (χ3n) is 5.34. The van der Waals surface area contributed by atoms with E-state index in [1.165, 1.54) is 53.4 Å². The molecule has 0 radical (unpaired) electrons. The van der Waals surface area contributed by atoms with Crippen LogP contribution in [-0.2, 0) is 9.59 Å². The van der Waals surface area contributed by atoms with Gasteiger partial charge in [0.15, 0.2) is 11.7 Å². The minimum atomic E-state index is -0.851. The number of ketones is 1. The molecule has 1 atom stereocenters. The first kappa shape index (κ1) is 26.3. The van der Waals surface area contributed by atoms with Crippen molar-refractivity contribution in [3.8, 4) is 5.75 Å². The number of aromatic nitrogens is 2. The van der Waals surface area contributed by atoms with Gasteiger partial charge in [-0.05, 0) is 62.4 Å². The molecule has 13 heteroatoms. The number of primary amides is 1. The molecule has 5 N–H and O–H groups in total. The van der Waals surface area contributed by atoms with Gasteiger partial charge >= 0.3 is 0 Å². The summed E-state index contributed by atoms with van der Waals surface area (Å²) in [6.07, 6.45) is 0. The van der Waals surface area contributed by atoms with Crippen molar-refractivity contribution >= 4 is 51.5 Å². The van der Waals surface area contributed by atoms with E-state index in [-0.39, 0.29) is 28.3 Å². The van der Waals surface area contributed by atoms with Crippen LogP contribution in [-0.4, -0.2) is 40.4 Å². The van der Waals surface area contributed by atoms with Crippen molar-refractivity contribution in [2.45, 2.75) is 19.9 Å². The maximum absolute atomic E-state index is 13.5. The molecule has 0 saturated heterocycles. The van der Waals surface area contributed by atoms with Crippen LogP contribution in [0.4, 0.5) is 26.9 Å². The minimum Gasteiger partial charge on any atom is -0.484 e. The van der Waals surface area contributed by atoms with Gasteiger partial charge in [-0.3, -0.25) is 19.7 Å². The standard InChI is InChI=1S/C25H23FN6O5S/c1-13-11-20(37-31-13)29-19(33)12-36-18-9-3-15(4-10-18)21(34)22-23(27)30-25(38-22)32(14(2)24(28)35)17-7-5-16(26)6-8-17/h3-11,14H,12,27H2,1-2H3,(H2,28,35)(H,29,33). The number of halogens is 1. The highest BCUT2D eigenvalue weighted by Crippen LogP contribution is 2.36. The fraction of sp³-hybridized carbons (Fsp3) is 0.160. The zero-order valence-electron chi connectivity index (χ0n) is 20.3. The van der Waals surface area contributed by atoms with E-state index in [9.17, 15) is 18.8 Å². The zero-order chi connectivity index (χ0) is 27.4. The molecular formula is C25H23FN6O5S. The summed E-state index contributed by atoms with van der Waals surface area (Å²) in [4.78, 5) is 43.1. The number of nitrogens with zero attached hydrogens (tertiary/aromatic N) is 3.